The molecule has 0 radical (unpaired) electrons. The van der Waals surface area contributed by atoms with Crippen LogP contribution in [0.4, 0.5) is 0 Å². The lowest BCUT2D eigenvalue weighted by Gasteiger charge is -2.15. The molecule has 1 aliphatic carbocycles. The van der Waals surface area contributed by atoms with Gasteiger partial charge in [0, 0.05) is 17.5 Å². The van der Waals surface area contributed by atoms with Crippen LogP contribution in [-0.4, -0.2) is 20.0 Å². The van der Waals surface area contributed by atoms with Crippen LogP contribution in [0.15, 0.2) is 48.6 Å². The number of fused-ring (bicyclic) bond motifs is 5. The van der Waals surface area contributed by atoms with Gasteiger partial charge in [0.1, 0.15) is 11.5 Å². The smallest absolute Gasteiger partial charge is 0.159 e. The number of ether oxygens (including phenoxy) is 2. The van der Waals surface area contributed by atoms with Crippen molar-refractivity contribution in [3.63, 3.8) is 0 Å². The second-order valence-corrected chi connectivity index (χ2v) is 6.01. The number of hydrogen-bond acceptors (Lipinski definition) is 3. The van der Waals surface area contributed by atoms with Crippen LogP contribution in [0.3, 0.4) is 0 Å². The lowest BCUT2D eigenvalue weighted by atomic mass is 9.96. The molecule has 0 spiro atoms. The molecule has 2 aromatic rings. The Balaban J connectivity index is 2.18. The van der Waals surface area contributed by atoms with E-state index in [1.165, 1.54) is 5.56 Å². The summed E-state index contributed by atoms with van der Waals surface area (Å²) in [6.07, 6.45) is 6.98. The second-order valence-electron chi connectivity index (χ2n) is 6.01. The largest absolute Gasteiger partial charge is 0.496 e. The van der Waals surface area contributed by atoms with Gasteiger partial charge in [-0.05, 0) is 60.7 Å². The zero-order chi connectivity index (χ0) is 16.9. The van der Waals surface area contributed by atoms with Crippen LogP contribution in [-0.2, 0) is 17.6 Å². The average molecular weight is 322 g/mol. The molecule has 0 aromatic heterocycles. The molecule has 0 aliphatic heterocycles. The Morgan fingerprint density at radius 2 is 1.50 bits per heavy atom. The maximum atomic E-state index is 12.1. The molecule has 0 unspecified atom stereocenters. The number of allylic oxidation sites excluding steroid dienone is 2. The highest BCUT2D eigenvalue weighted by Crippen LogP contribution is 2.38. The van der Waals surface area contributed by atoms with Crippen LogP contribution in [0.2, 0.25) is 0 Å². The van der Waals surface area contributed by atoms with Gasteiger partial charge < -0.3 is 9.47 Å². The molecule has 124 valence electrons. The summed E-state index contributed by atoms with van der Waals surface area (Å²) in [4.78, 5) is 12.1. The van der Waals surface area contributed by atoms with Crippen LogP contribution >= 0.6 is 0 Å². The number of carbonyl (C=O) groups is 1. The van der Waals surface area contributed by atoms with Crippen molar-refractivity contribution in [2.45, 2.75) is 25.7 Å². The fraction of sp³-hybridized carbons (Fsp3) is 0.286. The Morgan fingerprint density at radius 3 is 2.17 bits per heavy atom. The minimum Gasteiger partial charge on any atom is -0.496 e. The van der Waals surface area contributed by atoms with Crippen molar-refractivity contribution in [2.75, 3.05) is 14.2 Å². The second kappa shape index (κ2) is 7.35. The number of ketones is 1. The first kappa shape index (κ1) is 16.3. The summed E-state index contributed by atoms with van der Waals surface area (Å²) in [7, 11) is 3.34. The topological polar surface area (TPSA) is 35.5 Å². The summed E-state index contributed by atoms with van der Waals surface area (Å²) in [6.45, 7) is 0. The van der Waals surface area contributed by atoms with Crippen molar-refractivity contribution >= 4 is 5.78 Å². The monoisotopic (exact) mass is 322 g/mol. The Hall–Kier alpha value is -2.55. The van der Waals surface area contributed by atoms with Crippen molar-refractivity contribution in [3.8, 4) is 22.6 Å². The predicted molar refractivity (Wildman–Crippen MR) is 95.8 cm³/mol. The normalized spacial score (nSPS) is 14.3. The van der Waals surface area contributed by atoms with E-state index in [1.807, 2.05) is 30.3 Å². The SMILES string of the molecule is COc1ccc2cc1-c1cc(ccc1OC)CC(=O)C=CCCC2. The summed E-state index contributed by atoms with van der Waals surface area (Å²) >= 11 is 0. The van der Waals surface area contributed by atoms with Crippen LogP contribution < -0.4 is 9.47 Å². The quantitative estimate of drug-likeness (QED) is 0.823. The minimum absolute atomic E-state index is 0.129. The molecule has 0 saturated heterocycles. The van der Waals surface area contributed by atoms with Crippen LogP contribution in [0.1, 0.15) is 24.0 Å². The molecule has 1 aliphatic rings. The van der Waals surface area contributed by atoms with Gasteiger partial charge in [0.15, 0.2) is 5.78 Å². The summed E-state index contributed by atoms with van der Waals surface area (Å²) < 4.78 is 11.1. The van der Waals surface area contributed by atoms with Gasteiger partial charge in [-0.25, -0.2) is 0 Å². The third-order valence-electron chi connectivity index (χ3n) is 4.34. The fourth-order valence-electron chi connectivity index (χ4n) is 3.10. The summed E-state index contributed by atoms with van der Waals surface area (Å²) in [5.74, 6) is 1.73. The summed E-state index contributed by atoms with van der Waals surface area (Å²) in [5.41, 5.74) is 4.21. The minimum atomic E-state index is 0.129. The van der Waals surface area contributed by atoms with Gasteiger partial charge in [0.05, 0.1) is 14.2 Å². The van der Waals surface area contributed by atoms with E-state index in [9.17, 15) is 4.79 Å². The van der Waals surface area contributed by atoms with Crippen molar-refractivity contribution in [1.82, 2.24) is 0 Å². The Morgan fingerprint density at radius 1 is 0.875 bits per heavy atom. The zero-order valence-corrected chi connectivity index (χ0v) is 14.2. The highest BCUT2D eigenvalue weighted by molar-refractivity contribution is 5.91. The molecule has 3 heteroatoms. The first-order valence-electron chi connectivity index (χ1n) is 8.25. The van der Waals surface area contributed by atoms with Gasteiger partial charge in [-0.15, -0.1) is 0 Å². The highest BCUT2D eigenvalue weighted by Gasteiger charge is 2.14. The third-order valence-corrected chi connectivity index (χ3v) is 4.34. The predicted octanol–water partition coefficient (Wildman–Crippen LogP) is 4.37. The van der Waals surface area contributed by atoms with Gasteiger partial charge in [0.25, 0.3) is 0 Å². The molecule has 0 N–H and O–H groups in total. The van der Waals surface area contributed by atoms with E-state index in [1.54, 1.807) is 20.3 Å². The number of benzene rings is 2. The van der Waals surface area contributed by atoms with Crippen LogP contribution in [0, 0.1) is 0 Å². The summed E-state index contributed by atoms with van der Waals surface area (Å²) in [6, 6.07) is 12.2. The maximum Gasteiger partial charge on any atom is 0.159 e. The molecule has 3 rings (SSSR count). The molecular weight excluding hydrogens is 300 g/mol. The zero-order valence-electron chi connectivity index (χ0n) is 14.2. The average Bonchev–Trinajstić information content (AvgIpc) is 2.61. The highest BCUT2D eigenvalue weighted by atomic mass is 16.5. The van der Waals surface area contributed by atoms with Gasteiger partial charge in [0.2, 0.25) is 0 Å². The van der Waals surface area contributed by atoms with Crippen molar-refractivity contribution < 1.29 is 14.3 Å². The number of aryl methyl sites for hydroxylation is 1. The number of rotatable bonds is 2. The maximum absolute atomic E-state index is 12.1. The van der Waals surface area contributed by atoms with E-state index in [2.05, 4.69) is 12.1 Å². The molecule has 4 bridgehead atoms. The summed E-state index contributed by atoms with van der Waals surface area (Å²) in [5, 5.41) is 0. The molecular formula is C21H22O3. The lowest BCUT2D eigenvalue weighted by molar-refractivity contribution is -0.114. The first-order valence-corrected chi connectivity index (χ1v) is 8.25. The van der Waals surface area contributed by atoms with E-state index >= 15 is 0 Å². The Bertz CT molecular complexity index is 775. The van der Waals surface area contributed by atoms with E-state index in [4.69, 9.17) is 9.47 Å². The van der Waals surface area contributed by atoms with E-state index in [0.717, 1.165) is 47.5 Å². The first-order chi connectivity index (χ1) is 11.7. The number of carbonyl (C=O) groups excluding carboxylic acids is 1. The van der Waals surface area contributed by atoms with E-state index < -0.39 is 0 Å². The van der Waals surface area contributed by atoms with Gasteiger partial charge in [-0.3, -0.25) is 4.79 Å². The van der Waals surface area contributed by atoms with Crippen molar-refractivity contribution in [3.05, 3.63) is 59.7 Å². The van der Waals surface area contributed by atoms with Gasteiger partial charge >= 0.3 is 0 Å². The molecule has 0 saturated carbocycles. The van der Waals surface area contributed by atoms with E-state index in [-0.39, 0.29) is 5.78 Å². The van der Waals surface area contributed by atoms with Gasteiger partial charge in [-0.1, -0.05) is 18.2 Å². The Labute approximate surface area is 142 Å². The molecule has 24 heavy (non-hydrogen) atoms. The molecule has 0 fully saturated rings. The Kier molecular flexibility index (Phi) is 4.99. The molecule has 2 aromatic carbocycles. The number of methoxy groups -OCH3 is 2. The van der Waals surface area contributed by atoms with E-state index in [0.29, 0.717) is 6.42 Å². The fourth-order valence-corrected chi connectivity index (χ4v) is 3.10. The van der Waals surface area contributed by atoms with Crippen molar-refractivity contribution in [2.24, 2.45) is 0 Å². The van der Waals surface area contributed by atoms with Crippen molar-refractivity contribution in [1.29, 1.82) is 0 Å². The number of hydrogen-bond donors (Lipinski definition) is 0. The standard InChI is InChI=1S/C21H22O3/c1-23-20-10-8-15-6-4-3-5-7-17(22)12-16-9-11-21(24-2)19(14-16)18(20)13-15/h5,7-11,13-14H,3-4,6,12H2,1-2H3. The molecule has 0 atom stereocenters. The molecule has 0 heterocycles. The van der Waals surface area contributed by atoms with Crippen LogP contribution in [0.5, 0.6) is 11.5 Å². The third kappa shape index (κ3) is 3.51. The molecule has 3 nitrogen and oxygen atoms in total. The molecule has 0 amide bonds. The van der Waals surface area contributed by atoms with Gasteiger partial charge in [-0.2, -0.15) is 0 Å². The lowest BCUT2D eigenvalue weighted by Crippen LogP contribution is -2.00. The van der Waals surface area contributed by atoms with Crippen LogP contribution in [0.25, 0.3) is 11.1 Å².